The molecule has 6 heteroatoms. The van der Waals surface area contributed by atoms with Crippen molar-refractivity contribution in [1.29, 1.82) is 0 Å². The Morgan fingerprint density at radius 3 is 3.00 bits per heavy atom. The maximum Gasteiger partial charge on any atom is 0.0882 e. The van der Waals surface area contributed by atoms with E-state index in [1.54, 1.807) is 0 Å². The highest BCUT2D eigenvalue weighted by molar-refractivity contribution is 5.10. The molecule has 0 amide bonds. The van der Waals surface area contributed by atoms with Crippen LogP contribution in [0.15, 0.2) is 24.5 Å². The summed E-state index contributed by atoms with van der Waals surface area (Å²) in [5.74, 6) is 0. The van der Waals surface area contributed by atoms with Crippen molar-refractivity contribution >= 4 is 0 Å². The molecule has 0 aromatic carbocycles. The van der Waals surface area contributed by atoms with E-state index in [0.29, 0.717) is 0 Å². The van der Waals surface area contributed by atoms with Crippen molar-refractivity contribution < 1.29 is 5.11 Å². The maximum atomic E-state index is 9.15. The zero-order valence-electron chi connectivity index (χ0n) is 10.9. The van der Waals surface area contributed by atoms with Crippen LogP contribution in [0.2, 0.25) is 0 Å². The van der Waals surface area contributed by atoms with Gasteiger partial charge in [-0.05, 0) is 18.6 Å². The second-order valence-corrected chi connectivity index (χ2v) is 4.91. The van der Waals surface area contributed by atoms with Crippen molar-refractivity contribution in [2.75, 3.05) is 13.1 Å². The van der Waals surface area contributed by atoms with Gasteiger partial charge in [-0.2, -0.15) is 10.2 Å². The van der Waals surface area contributed by atoms with Crippen molar-refractivity contribution in [1.82, 2.24) is 24.5 Å². The van der Waals surface area contributed by atoms with Crippen molar-refractivity contribution in [2.45, 2.75) is 32.7 Å². The highest BCUT2D eigenvalue weighted by atomic mass is 16.3. The minimum Gasteiger partial charge on any atom is -0.390 e. The molecule has 1 aliphatic heterocycles. The topological polar surface area (TPSA) is 59.1 Å². The average molecular weight is 261 g/mol. The normalized spacial score (nSPS) is 16.3. The van der Waals surface area contributed by atoms with E-state index in [1.807, 2.05) is 33.9 Å². The first-order valence-electron chi connectivity index (χ1n) is 6.71. The van der Waals surface area contributed by atoms with Gasteiger partial charge in [-0.25, -0.2) is 0 Å². The van der Waals surface area contributed by atoms with Crippen LogP contribution in [0, 0.1) is 0 Å². The van der Waals surface area contributed by atoms with E-state index >= 15 is 0 Å². The fourth-order valence-electron chi connectivity index (χ4n) is 2.53. The lowest BCUT2D eigenvalue weighted by Gasteiger charge is -2.19. The number of aryl methyl sites for hydroxylation is 1. The number of hydrogen-bond donors (Lipinski definition) is 1. The molecule has 0 radical (unpaired) electrons. The summed E-state index contributed by atoms with van der Waals surface area (Å²) in [6.07, 6.45) is 4.90. The van der Waals surface area contributed by atoms with Gasteiger partial charge in [-0.1, -0.05) is 0 Å². The van der Waals surface area contributed by atoms with E-state index in [2.05, 4.69) is 15.1 Å². The van der Waals surface area contributed by atoms with Crippen LogP contribution < -0.4 is 0 Å². The lowest BCUT2D eigenvalue weighted by atomic mass is 10.3. The SMILES string of the molecule is OCc1cc2n(n1)CCCN(CCn1cccn1)C2. The molecule has 0 saturated carbocycles. The van der Waals surface area contributed by atoms with E-state index in [-0.39, 0.29) is 6.61 Å². The summed E-state index contributed by atoms with van der Waals surface area (Å²) >= 11 is 0. The molecule has 0 spiro atoms. The van der Waals surface area contributed by atoms with Crippen LogP contribution >= 0.6 is 0 Å². The highest BCUT2D eigenvalue weighted by Crippen LogP contribution is 2.13. The van der Waals surface area contributed by atoms with Crippen molar-refractivity contribution in [3.05, 3.63) is 35.9 Å². The first kappa shape index (κ1) is 12.4. The number of nitrogens with zero attached hydrogens (tertiary/aromatic N) is 5. The Morgan fingerprint density at radius 2 is 2.21 bits per heavy atom. The van der Waals surface area contributed by atoms with Gasteiger partial charge in [0.2, 0.25) is 0 Å². The van der Waals surface area contributed by atoms with Crippen molar-refractivity contribution in [2.24, 2.45) is 0 Å². The van der Waals surface area contributed by atoms with Gasteiger partial charge in [-0.3, -0.25) is 14.3 Å². The standard InChI is InChI=1S/C13H19N5O/c19-11-12-9-13-10-16(4-2-6-18(13)15-12)7-8-17-5-1-3-14-17/h1,3,5,9,19H,2,4,6-8,10-11H2. The predicted molar refractivity (Wildman–Crippen MR) is 70.3 cm³/mol. The van der Waals surface area contributed by atoms with Gasteiger partial charge in [0.15, 0.2) is 0 Å². The molecule has 0 bridgehead atoms. The maximum absolute atomic E-state index is 9.15. The molecular formula is C13H19N5O. The molecule has 19 heavy (non-hydrogen) atoms. The van der Waals surface area contributed by atoms with Crippen molar-refractivity contribution in [3.63, 3.8) is 0 Å². The quantitative estimate of drug-likeness (QED) is 0.869. The van der Waals surface area contributed by atoms with Gasteiger partial charge in [0.05, 0.1) is 24.5 Å². The molecule has 0 atom stereocenters. The summed E-state index contributed by atoms with van der Waals surface area (Å²) in [5, 5.41) is 17.8. The summed E-state index contributed by atoms with van der Waals surface area (Å²) in [5.41, 5.74) is 1.96. The molecule has 3 heterocycles. The second-order valence-electron chi connectivity index (χ2n) is 4.91. The fourth-order valence-corrected chi connectivity index (χ4v) is 2.53. The minimum absolute atomic E-state index is 0.0211. The Labute approximate surface area is 112 Å². The van der Waals surface area contributed by atoms with Gasteiger partial charge < -0.3 is 5.11 Å². The van der Waals surface area contributed by atoms with Gasteiger partial charge in [-0.15, -0.1) is 0 Å². The second kappa shape index (κ2) is 5.54. The van der Waals surface area contributed by atoms with Crippen LogP contribution in [0.5, 0.6) is 0 Å². The minimum atomic E-state index is 0.0211. The van der Waals surface area contributed by atoms with Crippen LogP contribution in [-0.2, 0) is 26.2 Å². The lowest BCUT2D eigenvalue weighted by molar-refractivity contribution is 0.253. The molecule has 0 saturated heterocycles. The van der Waals surface area contributed by atoms with E-state index in [0.717, 1.165) is 44.8 Å². The lowest BCUT2D eigenvalue weighted by Crippen LogP contribution is -2.27. The van der Waals surface area contributed by atoms with Crippen LogP contribution in [0.3, 0.4) is 0 Å². The van der Waals surface area contributed by atoms with Gasteiger partial charge >= 0.3 is 0 Å². The summed E-state index contributed by atoms with van der Waals surface area (Å²) < 4.78 is 3.99. The Kier molecular flexibility index (Phi) is 3.61. The Balaban J connectivity index is 1.64. The molecule has 2 aromatic rings. The van der Waals surface area contributed by atoms with Crippen LogP contribution in [0.4, 0.5) is 0 Å². The molecule has 3 rings (SSSR count). The monoisotopic (exact) mass is 261 g/mol. The average Bonchev–Trinajstić information content (AvgIpc) is 3.03. The molecule has 1 N–H and O–H groups in total. The molecule has 1 aliphatic rings. The number of aromatic nitrogens is 4. The van der Waals surface area contributed by atoms with Gasteiger partial charge in [0.1, 0.15) is 0 Å². The summed E-state index contributed by atoms with van der Waals surface area (Å²) in [6.45, 7) is 4.84. The zero-order chi connectivity index (χ0) is 13.1. The molecule has 0 unspecified atom stereocenters. The van der Waals surface area contributed by atoms with E-state index in [9.17, 15) is 0 Å². The van der Waals surface area contributed by atoms with Gasteiger partial charge in [0, 0.05) is 38.6 Å². The molecule has 102 valence electrons. The number of hydrogen-bond acceptors (Lipinski definition) is 4. The summed E-state index contributed by atoms with van der Waals surface area (Å²) in [7, 11) is 0. The smallest absolute Gasteiger partial charge is 0.0882 e. The van der Waals surface area contributed by atoms with Crippen molar-refractivity contribution in [3.8, 4) is 0 Å². The van der Waals surface area contributed by atoms with E-state index in [4.69, 9.17) is 5.11 Å². The van der Waals surface area contributed by atoms with Crippen LogP contribution in [0.1, 0.15) is 17.8 Å². The number of fused-ring (bicyclic) bond motifs is 1. The summed E-state index contributed by atoms with van der Waals surface area (Å²) in [4.78, 5) is 2.42. The molecule has 0 fully saturated rings. The highest BCUT2D eigenvalue weighted by Gasteiger charge is 2.16. The van der Waals surface area contributed by atoms with E-state index < -0.39 is 0 Å². The third-order valence-electron chi connectivity index (χ3n) is 3.51. The molecular weight excluding hydrogens is 242 g/mol. The Hall–Kier alpha value is -1.66. The number of aliphatic hydroxyl groups is 1. The summed E-state index contributed by atoms with van der Waals surface area (Å²) in [6, 6.07) is 3.96. The molecule has 0 aliphatic carbocycles. The Morgan fingerprint density at radius 1 is 1.26 bits per heavy atom. The number of rotatable bonds is 4. The fraction of sp³-hybridized carbons (Fsp3) is 0.538. The predicted octanol–water partition coefficient (Wildman–Crippen LogP) is 0.478. The van der Waals surface area contributed by atoms with E-state index in [1.165, 1.54) is 5.69 Å². The first-order valence-corrected chi connectivity index (χ1v) is 6.71. The van der Waals surface area contributed by atoms with Crippen LogP contribution in [0.25, 0.3) is 0 Å². The van der Waals surface area contributed by atoms with Crippen LogP contribution in [-0.4, -0.2) is 42.7 Å². The number of aliphatic hydroxyl groups excluding tert-OH is 1. The first-order chi connectivity index (χ1) is 9.35. The third kappa shape index (κ3) is 2.85. The largest absolute Gasteiger partial charge is 0.390 e. The molecule has 6 nitrogen and oxygen atoms in total. The molecule has 2 aromatic heterocycles. The van der Waals surface area contributed by atoms with Gasteiger partial charge in [0.25, 0.3) is 0 Å². The Bertz CT molecular complexity index is 519. The zero-order valence-corrected chi connectivity index (χ0v) is 10.9. The third-order valence-corrected chi connectivity index (χ3v) is 3.51.